The first-order chi connectivity index (χ1) is 9.93. The van der Waals surface area contributed by atoms with E-state index >= 15 is 0 Å². The molecule has 0 aliphatic carbocycles. The second-order valence-electron chi connectivity index (χ2n) is 4.45. The van der Waals surface area contributed by atoms with Crippen LogP contribution in [0.2, 0.25) is 0 Å². The topological polar surface area (TPSA) is 76.7 Å². The predicted octanol–water partition coefficient (Wildman–Crippen LogP) is 3.59. The zero-order valence-electron chi connectivity index (χ0n) is 11.8. The van der Waals surface area contributed by atoms with E-state index in [1.807, 2.05) is 12.3 Å². The van der Waals surface area contributed by atoms with Crippen LogP contribution in [0.25, 0.3) is 17.4 Å². The molecule has 6 heteroatoms. The van der Waals surface area contributed by atoms with Crippen molar-refractivity contribution in [3.05, 3.63) is 39.3 Å². The average molecular weight is 306 g/mol. The Balaban J connectivity index is 2.43. The smallest absolute Gasteiger partial charge is 0.348 e. The molecule has 0 bridgehead atoms. The molecule has 0 spiro atoms. The summed E-state index contributed by atoms with van der Waals surface area (Å²) in [5.41, 5.74) is 1.76. The molecule has 0 fully saturated rings. The number of carboxylic acids is 1. The molecular weight excluding hydrogens is 292 g/mol. The van der Waals surface area contributed by atoms with Crippen LogP contribution < -0.4 is 0 Å². The van der Waals surface area contributed by atoms with Crippen molar-refractivity contribution in [1.82, 2.24) is 0 Å². The van der Waals surface area contributed by atoms with E-state index in [-0.39, 0.29) is 5.57 Å². The van der Waals surface area contributed by atoms with E-state index < -0.39 is 11.9 Å². The molecule has 0 saturated heterocycles. The molecule has 2 rings (SSSR count). The Hall–Kier alpha value is -2.34. The Kier molecular flexibility index (Phi) is 4.28. The minimum absolute atomic E-state index is 0.172. The van der Waals surface area contributed by atoms with Crippen LogP contribution in [0.5, 0.6) is 0 Å². The summed E-state index contributed by atoms with van der Waals surface area (Å²) in [5, 5.41) is 10.7. The van der Waals surface area contributed by atoms with Gasteiger partial charge >= 0.3 is 11.9 Å². The van der Waals surface area contributed by atoms with Crippen molar-refractivity contribution in [2.75, 3.05) is 7.11 Å². The molecule has 2 heterocycles. The van der Waals surface area contributed by atoms with Crippen molar-refractivity contribution >= 4 is 29.4 Å². The van der Waals surface area contributed by atoms with Crippen LogP contribution >= 0.6 is 11.3 Å². The van der Waals surface area contributed by atoms with Crippen molar-refractivity contribution < 1.29 is 23.8 Å². The Morgan fingerprint density at radius 2 is 2.10 bits per heavy atom. The molecule has 0 atom stereocenters. The molecule has 0 aliphatic rings. The van der Waals surface area contributed by atoms with Gasteiger partial charge in [-0.2, -0.15) is 0 Å². The number of furan rings is 1. The van der Waals surface area contributed by atoms with Crippen molar-refractivity contribution in [3.8, 4) is 11.3 Å². The minimum atomic E-state index is -1.00. The van der Waals surface area contributed by atoms with Crippen molar-refractivity contribution in [1.29, 1.82) is 0 Å². The highest BCUT2D eigenvalue weighted by Gasteiger charge is 2.20. The van der Waals surface area contributed by atoms with Crippen molar-refractivity contribution in [2.45, 2.75) is 13.8 Å². The Morgan fingerprint density at radius 3 is 2.71 bits per heavy atom. The predicted molar refractivity (Wildman–Crippen MR) is 79.4 cm³/mol. The molecular formula is C15H14O5S. The molecule has 21 heavy (non-hydrogen) atoms. The number of hydrogen-bond donors (Lipinski definition) is 1. The molecule has 2 aromatic rings. The lowest BCUT2D eigenvalue weighted by Crippen LogP contribution is -2.00. The fourth-order valence-corrected chi connectivity index (χ4v) is 2.80. The van der Waals surface area contributed by atoms with Crippen LogP contribution in [0.4, 0.5) is 0 Å². The lowest BCUT2D eigenvalue weighted by Gasteiger charge is -2.01. The zero-order chi connectivity index (χ0) is 15.6. The fraction of sp³-hybridized carbons (Fsp3) is 0.200. The molecule has 0 saturated carbocycles. The summed E-state index contributed by atoms with van der Waals surface area (Å²) in [4.78, 5) is 23.0. The van der Waals surface area contributed by atoms with Gasteiger partial charge < -0.3 is 14.3 Å². The molecule has 0 aromatic carbocycles. The van der Waals surface area contributed by atoms with Gasteiger partial charge in [0.15, 0.2) is 0 Å². The molecule has 0 aliphatic heterocycles. The SMILES string of the molecule is COC(=O)c1scc(C)c1-c1ccc(/C=C(\C)C(=O)O)o1. The molecule has 5 nitrogen and oxygen atoms in total. The monoisotopic (exact) mass is 306 g/mol. The van der Waals surface area contributed by atoms with Gasteiger partial charge in [0, 0.05) is 11.1 Å². The van der Waals surface area contributed by atoms with E-state index in [1.165, 1.54) is 31.4 Å². The van der Waals surface area contributed by atoms with Crippen LogP contribution in [-0.4, -0.2) is 24.2 Å². The Bertz CT molecular complexity index is 720. The summed E-state index contributed by atoms with van der Waals surface area (Å²) >= 11 is 1.29. The van der Waals surface area contributed by atoms with Gasteiger partial charge in [0.1, 0.15) is 16.4 Å². The van der Waals surface area contributed by atoms with Gasteiger partial charge in [-0.25, -0.2) is 9.59 Å². The number of methoxy groups -OCH3 is 1. The number of hydrogen-bond acceptors (Lipinski definition) is 5. The van der Waals surface area contributed by atoms with Gasteiger partial charge in [0.2, 0.25) is 0 Å². The molecule has 0 amide bonds. The number of rotatable bonds is 4. The van der Waals surface area contributed by atoms with Crippen molar-refractivity contribution in [2.24, 2.45) is 0 Å². The van der Waals surface area contributed by atoms with Crippen LogP contribution in [-0.2, 0) is 9.53 Å². The third-order valence-corrected chi connectivity index (χ3v) is 3.99. The lowest BCUT2D eigenvalue weighted by atomic mass is 10.1. The molecule has 0 unspecified atom stereocenters. The average Bonchev–Trinajstić information content (AvgIpc) is 3.04. The number of ether oxygens (including phenoxy) is 1. The number of aryl methyl sites for hydroxylation is 1. The van der Waals surface area contributed by atoms with Gasteiger partial charge in [-0.15, -0.1) is 11.3 Å². The number of carbonyl (C=O) groups is 2. The third kappa shape index (κ3) is 3.05. The quantitative estimate of drug-likeness (QED) is 0.690. The molecule has 2 aromatic heterocycles. The Labute approximate surface area is 125 Å². The highest BCUT2D eigenvalue weighted by Crippen LogP contribution is 2.34. The van der Waals surface area contributed by atoms with Crippen LogP contribution in [0.3, 0.4) is 0 Å². The summed E-state index contributed by atoms with van der Waals surface area (Å²) < 4.78 is 10.4. The maximum atomic E-state index is 11.8. The number of aliphatic carboxylic acids is 1. The first kappa shape index (κ1) is 15.1. The lowest BCUT2D eigenvalue weighted by molar-refractivity contribution is -0.132. The number of carboxylic acid groups (broad SMARTS) is 1. The van der Waals surface area contributed by atoms with E-state index in [4.69, 9.17) is 14.3 Å². The zero-order valence-corrected chi connectivity index (χ0v) is 12.6. The second-order valence-corrected chi connectivity index (χ2v) is 5.33. The van der Waals surface area contributed by atoms with Gasteiger partial charge in [-0.1, -0.05) is 0 Å². The maximum absolute atomic E-state index is 11.8. The molecule has 0 radical (unpaired) electrons. The van der Waals surface area contributed by atoms with E-state index in [1.54, 1.807) is 12.1 Å². The molecule has 110 valence electrons. The first-order valence-electron chi connectivity index (χ1n) is 6.12. The van der Waals surface area contributed by atoms with Crippen LogP contribution in [0.1, 0.15) is 27.9 Å². The summed E-state index contributed by atoms with van der Waals surface area (Å²) in [6.07, 6.45) is 1.44. The van der Waals surface area contributed by atoms with E-state index in [2.05, 4.69) is 0 Å². The summed E-state index contributed by atoms with van der Waals surface area (Å²) in [6.45, 7) is 3.36. The van der Waals surface area contributed by atoms with Gasteiger partial charge in [0.25, 0.3) is 0 Å². The maximum Gasteiger partial charge on any atom is 0.348 e. The largest absolute Gasteiger partial charge is 0.478 e. The highest BCUT2D eigenvalue weighted by molar-refractivity contribution is 7.12. The number of carbonyl (C=O) groups excluding carboxylic acids is 1. The summed E-state index contributed by atoms with van der Waals surface area (Å²) in [7, 11) is 1.33. The van der Waals surface area contributed by atoms with Gasteiger partial charge in [-0.05, 0) is 43.0 Å². The van der Waals surface area contributed by atoms with E-state index in [0.717, 1.165) is 5.56 Å². The van der Waals surface area contributed by atoms with Crippen LogP contribution in [0.15, 0.2) is 27.5 Å². The normalized spacial score (nSPS) is 11.5. The van der Waals surface area contributed by atoms with Crippen LogP contribution in [0, 0.1) is 6.92 Å². The summed E-state index contributed by atoms with van der Waals surface area (Å²) in [6, 6.07) is 3.38. The third-order valence-electron chi connectivity index (χ3n) is 2.92. The fourth-order valence-electron chi connectivity index (χ4n) is 1.83. The number of thiophene rings is 1. The highest BCUT2D eigenvalue weighted by atomic mass is 32.1. The van der Waals surface area contributed by atoms with Crippen molar-refractivity contribution in [3.63, 3.8) is 0 Å². The summed E-state index contributed by atoms with van der Waals surface area (Å²) in [5.74, 6) is -0.488. The number of esters is 1. The minimum Gasteiger partial charge on any atom is -0.478 e. The van der Waals surface area contributed by atoms with E-state index in [9.17, 15) is 9.59 Å². The van der Waals surface area contributed by atoms with E-state index in [0.29, 0.717) is 22.0 Å². The van der Waals surface area contributed by atoms with Gasteiger partial charge in [-0.3, -0.25) is 0 Å². The Morgan fingerprint density at radius 1 is 1.38 bits per heavy atom. The second kappa shape index (κ2) is 5.97. The standard InChI is InChI=1S/C15H14O5S/c1-8(14(16)17)6-10-4-5-11(20-10)12-9(2)7-21-13(12)15(18)19-3/h4-7H,1-3H3,(H,16,17)/b8-6+. The molecule has 1 N–H and O–H groups in total. The van der Waals surface area contributed by atoms with Gasteiger partial charge in [0.05, 0.1) is 7.11 Å². The first-order valence-corrected chi connectivity index (χ1v) is 7.00.